The van der Waals surface area contributed by atoms with Gasteiger partial charge in [-0.3, -0.25) is 9.59 Å². The fraction of sp³-hybridized carbons (Fsp3) is 0.250. The van der Waals surface area contributed by atoms with Crippen LogP contribution in [0.25, 0.3) is 0 Å². The van der Waals surface area contributed by atoms with Crippen LogP contribution in [0.2, 0.25) is 10.0 Å². The second-order valence-corrected chi connectivity index (χ2v) is 9.37. The number of nitrogens with zero attached hydrogens (tertiary/aromatic N) is 1. The summed E-state index contributed by atoms with van der Waals surface area (Å²) in [5, 5.41) is 7.58. The molecule has 37 heavy (non-hydrogen) atoms. The summed E-state index contributed by atoms with van der Waals surface area (Å²) < 4.78 is 11.5. The number of rotatable bonds is 11. The van der Waals surface area contributed by atoms with Crippen molar-refractivity contribution in [1.29, 1.82) is 0 Å². The molecule has 3 rings (SSSR count). The molecule has 0 saturated heterocycles. The Hall–Kier alpha value is -3.55. The van der Waals surface area contributed by atoms with Crippen molar-refractivity contribution < 1.29 is 19.1 Å². The molecule has 194 valence electrons. The van der Waals surface area contributed by atoms with Crippen molar-refractivity contribution in [3.63, 3.8) is 0 Å². The Morgan fingerprint density at radius 3 is 2.30 bits per heavy atom. The Bertz CT molecular complexity index is 1240. The highest BCUT2D eigenvalue weighted by Crippen LogP contribution is 2.28. The molecule has 0 unspecified atom stereocenters. The van der Waals surface area contributed by atoms with E-state index in [1.807, 2.05) is 68.4 Å². The van der Waals surface area contributed by atoms with E-state index in [1.165, 1.54) is 12.3 Å². The lowest BCUT2D eigenvalue weighted by atomic mass is 10.1. The molecule has 0 aromatic heterocycles. The van der Waals surface area contributed by atoms with Gasteiger partial charge in [-0.2, -0.15) is 5.10 Å². The number of carbonyl (C=O) groups excluding carboxylic acids is 2. The first-order valence-electron chi connectivity index (χ1n) is 11.8. The van der Waals surface area contributed by atoms with E-state index >= 15 is 0 Å². The number of hydrogen-bond acceptors (Lipinski definition) is 5. The van der Waals surface area contributed by atoms with Gasteiger partial charge in [-0.05, 0) is 56.7 Å². The molecular formula is C28H29Cl2N3O4. The molecule has 2 atom stereocenters. The first-order chi connectivity index (χ1) is 17.7. The van der Waals surface area contributed by atoms with Crippen LogP contribution in [0.4, 0.5) is 0 Å². The van der Waals surface area contributed by atoms with E-state index in [1.54, 1.807) is 19.1 Å². The summed E-state index contributed by atoms with van der Waals surface area (Å²) in [5.74, 6) is -0.00433. The summed E-state index contributed by atoms with van der Waals surface area (Å²) in [4.78, 5) is 26.0. The largest absolute Gasteiger partial charge is 0.490 e. The average molecular weight is 542 g/mol. The van der Waals surface area contributed by atoms with Crippen LogP contribution >= 0.6 is 23.2 Å². The highest BCUT2D eigenvalue weighted by molar-refractivity contribution is 6.35. The Kier molecular flexibility index (Phi) is 10.4. The average Bonchev–Trinajstić information content (AvgIpc) is 2.86. The third-order valence-corrected chi connectivity index (χ3v) is 5.67. The maximum atomic E-state index is 13.1. The number of carbonyl (C=O) groups is 2. The van der Waals surface area contributed by atoms with Gasteiger partial charge in [0, 0.05) is 17.0 Å². The number of halogens is 2. The van der Waals surface area contributed by atoms with Gasteiger partial charge in [-0.25, -0.2) is 5.43 Å². The molecule has 0 fully saturated rings. The fourth-order valence-electron chi connectivity index (χ4n) is 3.35. The maximum absolute atomic E-state index is 13.1. The monoisotopic (exact) mass is 541 g/mol. The predicted octanol–water partition coefficient (Wildman–Crippen LogP) is 5.43. The molecule has 0 saturated carbocycles. The Labute approximate surface area is 226 Å². The molecule has 0 heterocycles. The van der Waals surface area contributed by atoms with Crippen molar-refractivity contribution in [2.24, 2.45) is 5.10 Å². The topological polar surface area (TPSA) is 89.0 Å². The van der Waals surface area contributed by atoms with Gasteiger partial charge in [0.2, 0.25) is 0 Å². The third-order valence-electron chi connectivity index (χ3n) is 5.14. The van der Waals surface area contributed by atoms with E-state index in [9.17, 15) is 9.59 Å². The van der Waals surface area contributed by atoms with E-state index in [0.29, 0.717) is 22.1 Å². The van der Waals surface area contributed by atoms with Gasteiger partial charge < -0.3 is 14.8 Å². The van der Waals surface area contributed by atoms with E-state index in [-0.39, 0.29) is 17.5 Å². The van der Waals surface area contributed by atoms with Crippen LogP contribution in [-0.2, 0) is 16.0 Å². The molecule has 3 aromatic carbocycles. The van der Waals surface area contributed by atoms with Crippen molar-refractivity contribution in [2.45, 2.75) is 45.4 Å². The van der Waals surface area contributed by atoms with Gasteiger partial charge in [-0.15, -0.1) is 0 Å². The van der Waals surface area contributed by atoms with Crippen molar-refractivity contribution in [1.82, 2.24) is 10.7 Å². The molecule has 9 heteroatoms. The van der Waals surface area contributed by atoms with Gasteiger partial charge in [0.15, 0.2) is 6.10 Å². The molecule has 0 radical (unpaired) electrons. The highest BCUT2D eigenvalue weighted by atomic mass is 35.5. The maximum Gasteiger partial charge on any atom is 0.262 e. The van der Waals surface area contributed by atoms with E-state index in [4.69, 9.17) is 32.7 Å². The second kappa shape index (κ2) is 13.7. The van der Waals surface area contributed by atoms with Crippen LogP contribution in [-0.4, -0.2) is 36.3 Å². The van der Waals surface area contributed by atoms with E-state index < -0.39 is 24.0 Å². The number of benzene rings is 3. The summed E-state index contributed by atoms with van der Waals surface area (Å²) in [6.45, 7) is 5.43. The Morgan fingerprint density at radius 2 is 1.59 bits per heavy atom. The number of hydrogen-bond donors (Lipinski definition) is 2. The summed E-state index contributed by atoms with van der Waals surface area (Å²) in [7, 11) is 0. The number of amides is 2. The summed E-state index contributed by atoms with van der Waals surface area (Å²) in [6, 6.07) is 20.6. The molecule has 2 N–H and O–H groups in total. The number of hydrazone groups is 1. The molecule has 2 amide bonds. The summed E-state index contributed by atoms with van der Waals surface area (Å²) in [6.07, 6.45) is 0.829. The summed E-state index contributed by atoms with van der Waals surface area (Å²) in [5.41, 5.74) is 4.11. The predicted molar refractivity (Wildman–Crippen MR) is 147 cm³/mol. The molecule has 0 aliphatic rings. The quantitative estimate of drug-likeness (QED) is 0.250. The van der Waals surface area contributed by atoms with E-state index in [2.05, 4.69) is 15.8 Å². The van der Waals surface area contributed by atoms with Crippen LogP contribution in [0.1, 0.15) is 31.9 Å². The fourth-order valence-corrected chi connectivity index (χ4v) is 3.81. The highest BCUT2D eigenvalue weighted by Gasteiger charge is 2.25. The smallest absolute Gasteiger partial charge is 0.262 e. The van der Waals surface area contributed by atoms with Gasteiger partial charge in [0.1, 0.15) is 17.5 Å². The minimum Gasteiger partial charge on any atom is -0.490 e. The third kappa shape index (κ3) is 8.81. The van der Waals surface area contributed by atoms with Crippen LogP contribution < -0.4 is 20.2 Å². The lowest BCUT2D eigenvalue weighted by molar-refractivity contribution is -0.132. The number of ether oxygens (including phenoxy) is 2. The molecule has 3 aromatic rings. The number of nitrogens with one attached hydrogen (secondary N) is 2. The van der Waals surface area contributed by atoms with Gasteiger partial charge in [-0.1, -0.05) is 65.7 Å². The lowest BCUT2D eigenvalue weighted by Gasteiger charge is -2.21. The minimum atomic E-state index is -0.923. The Balaban J connectivity index is 1.70. The van der Waals surface area contributed by atoms with Gasteiger partial charge >= 0.3 is 0 Å². The van der Waals surface area contributed by atoms with Crippen LogP contribution in [0.3, 0.4) is 0 Å². The first-order valence-corrected chi connectivity index (χ1v) is 12.5. The second-order valence-electron chi connectivity index (χ2n) is 8.52. The van der Waals surface area contributed by atoms with Crippen molar-refractivity contribution in [2.75, 3.05) is 0 Å². The zero-order chi connectivity index (χ0) is 26.8. The molecular weight excluding hydrogens is 513 g/mol. The SMILES string of the molecule is CC(C)Oc1ccccc1/C=N\NC(=O)[C@H](Cc1ccccc1)NC(=O)[C@@H](C)Oc1ccc(Cl)cc1Cl. The normalized spacial score (nSPS) is 12.7. The first kappa shape index (κ1) is 28.0. The van der Waals surface area contributed by atoms with Crippen LogP contribution in [0.15, 0.2) is 77.9 Å². The van der Waals surface area contributed by atoms with Crippen molar-refractivity contribution >= 4 is 41.2 Å². The zero-order valence-corrected chi connectivity index (χ0v) is 22.3. The van der Waals surface area contributed by atoms with E-state index in [0.717, 1.165) is 5.56 Å². The Morgan fingerprint density at radius 1 is 0.892 bits per heavy atom. The van der Waals surface area contributed by atoms with Crippen LogP contribution in [0, 0.1) is 0 Å². The van der Waals surface area contributed by atoms with Gasteiger partial charge in [0.25, 0.3) is 11.8 Å². The molecule has 0 spiro atoms. The molecule has 0 aliphatic heterocycles. The number of para-hydroxylation sites is 1. The van der Waals surface area contributed by atoms with Crippen molar-refractivity contribution in [3.8, 4) is 11.5 Å². The van der Waals surface area contributed by atoms with Crippen LogP contribution in [0.5, 0.6) is 11.5 Å². The summed E-state index contributed by atoms with van der Waals surface area (Å²) >= 11 is 12.1. The zero-order valence-electron chi connectivity index (χ0n) is 20.8. The molecule has 0 aliphatic carbocycles. The standard InChI is InChI=1S/C28H29Cl2N3O4/c1-18(2)36-25-12-8-7-11-21(25)17-31-33-28(35)24(15-20-9-5-4-6-10-20)32-27(34)19(3)37-26-14-13-22(29)16-23(26)30/h4-14,16-19,24H,15H2,1-3H3,(H,32,34)(H,33,35)/b31-17-/t19-,24+/m1/s1. The lowest BCUT2D eigenvalue weighted by Crippen LogP contribution is -2.50. The van der Waals surface area contributed by atoms with Gasteiger partial charge in [0.05, 0.1) is 17.3 Å². The molecule has 0 bridgehead atoms. The minimum absolute atomic E-state index is 0.0124. The molecule has 7 nitrogen and oxygen atoms in total. The van der Waals surface area contributed by atoms with Crippen molar-refractivity contribution in [3.05, 3.63) is 94.0 Å².